The first-order valence-electron chi connectivity index (χ1n) is 4.58. The molecule has 8 heteroatoms. The molecule has 1 aromatic rings. The summed E-state index contributed by atoms with van der Waals surface area (Å²) < 4.78 is 0. The molecule has 4 N–H and O–H groups in total. The third-order valence-corrected chi connectivity index (χ3v) is 2.67. The van der Waals surface area contributed by atoms with Gasteiger partial charge in [0.1, 0.15) is 6.10 Å². The SMILES string of the molecule is [N-]=[N+]=NCC(O)C(O)c1cc(Cl)cc(Cl)c1N. The molecule has 1 aromatic carbocycles. The van der Waals surface area contributed by atoms with Crippen LogP contribution in [0.25, 0.3) is 10.4 Å². The Balaban J connectivity index is 3.02. The van der Waals surface area contributed by atoms with Crippen molar-refractivity contribution in [2.45, 2.75) is 12.2 Å². The lowest BCUT2D eigenvalue weighted by molar-refractivity contribution is 0.0248. The van der Waals surface area contributed by atoms with E-state index in [2.05, 4.69) is 10.0 Å². The van der Waals surface area contributed by atoms with Crippen LogP contribution in [-0.2, 0) is 0 Å². The molecule has 17 heavy (non-hydrogen) atoms. The zero-order valence-corrected chi connectivity index (χ0v) is 10.1. The van der Waals surface area contributed by atoms with Crippen LogP contribution in [0.4, 0.5) is 5.69 Å². The molecule has 0 fully saturated rings. The molecule has 0 aliphatic carbocycles. The number of nitrogens with two attached hydrogens (primary N) is 1. The van der Waals surface area contributed by atoms with E-state index in [4.69, 9.17) is 34.5 Å². The summed E-state index contributed by atoms with van der Waals surface area (Å²) >= 11 is 11.5. The number of azide groups is 1. The van der Waals surface area contributed by atoms with Crippen molar-refractivity contribution >= 4 is 28.9 Å². The molecule has 2 atom stereocenters. The Kier molecular flexibility index (Phi) is 4.86. The Bertz CT molecular complexity index is 463. The zero-order chi connectivity index (χ0) is 13.0. The summed E-state index contributed by atoms with van der Waals surface area (Å²) in [6.45, 7) is -0.277. The van der Waals surface area contributed by atoms with E-state index in [1.807, 2.05) is 0 Å². The van der Waals surface area contributed by atoms with E-state index in [1.54, 1.807) is 0 Å². The molecular formula is C9H10Cl2N4O2. The summed E-state index contributed by atoms with van der Waals surface area (Å²) in [6, 6.07) is 2.82. The highest BCUT2D eigenvalue weighted by molar-refractivity contribution is 6.36. The fourth-order valence-corrected chi connectivity index (χ4v) is 1.79. The van der Waals surface area contributed by atoms with Crippen molar-refractivity contribution in [3.63, 3.8) is 0 Å². The predicted molar refractivity (Wildman–Crippen MR) is 65.9 cm³/mol. The van der Waals surface area contributed by atoms with Gasteiger partial charge >= 0.3 is 0 Å². The Labute approximate surface area is 107 Å². The van der Waals surface area contributed by atoms with Gasteiger partial charge in [0.2, 0.25) is 0 Å². The van der Waals surface area contributed by atoms with Crippen molar-refractivity contribution in [1.29, 1.82) is 0 Å². The monoisotopic (exact) mass is 276 g/mol. The lowest BCUT2D eigenvalue weighted by Crippen LogP contribution is -2.22. The number of aliphatic hydroxyl groups excluding tert-OH is 2. The van der Waals surface area contributed by atoms with Crippen molar-refractivity contribution in [3.8, 4) is 0 Å². The predicted octanol–water partition coefficient (Wildman–Crippen LogP) is 2.28. The second-order valence-corrected chi connectivity index (χ2v) is 4.16. The maximum Gasteiger partial charge on any atom is 0.107 e. The summed E-state index contributed by atoms with van der Waals surface area (Å²) in [5, 5.41) is 23.0. The number of hydrogen-bond donors (Lipinski definition) is 3. The molecule has 2 unspecified atom stereocenters. The van der Waals surface area contributed by atoms with Crippen LogP contribution in [0, 0.1) is 0 Å². The summed E-state index contributed by atoms with van der Waals surface area (Å²) in [5.74, 6) is 0. The van der Waals surface area contributed by atoms with Gasteiger partial charge in [-0.1, -0.05) is 28.3 Å². The Morgan fingerprint density at radius 1 is 1.41 bits per heavy atom. The Hall–Kier alpha value is -1.17. The highest BCUT2D eigenvalue weighted by Gasteiger charge is 2.21. The maximum atomic E-state index is 9.81. The fraction of sp³-hybridized carbons (Fsp3) is 0.333. The molecule has 0 aliphatic heterocycles. The van der Waals surface area contributed by atoms with E-state index in [0.29, 0.717) is 0 Å². The average molecular weight is 277 g/mol. The Morgan fingerprint density at radius 2 is 2.06 bits per heavy atom. The van der Waals surface area contributed by atoms with Crippen LogP contribution in [0.2, 0.25) is 10.0 Å². The number of hydrogen-bond acceptors (Lipinski definition) is 4. The highest BCUT2D eigenvalue weighted by Crippen LogP contribution is 2.32. The molecule has 0 radical (unpaired) electrons. The number of halogens is 2. The van der Waals surface area contributed by atoms with Gasteiger partial charge in [-0.3, -0.25) is 0 Å². The number of benzene rings is 1. The minimum absolute atomic E-state index is 0.128. The lowest BCUT2D eigenvalue weighted by atomic mass is 10.0. The number of anilines is 1. The number of rotatable bonds is 4. The van der Waals surface area contributed by atoms with Crippen LogP contribution in [0.5, 0.6) is 0 Å². The van der Waals surface area contributed by atoms with Crippen LogP contribution in [0.3, 0.4) is 0 Å². The maximum absolute atomic E-state index is 9.81. The summed E-state index contributed by atoms with van der Waals surface area (Å²) in [7, 11) is 0. The van der Waals surface area contributed by atoms with E-state index in [0.717, 1.165) is 0 Å². The largest absolute Gasteiger partial charge is 0.397 e. The minimum atomic E-state index is -1.32. The quantitative estimate of drug-likeness (QED) is 0.339. The van der Waals surface area contributed by atoms with Crippen LogP contribution >= 0.6 is 23.2 Å². The topological polar surface area (TPSA) is 115 Å². The second kappa shape index (κ2) is 5.95. The lowest BCUT2D eigenvalue weighted by Gasteiger charge is -2.19. The average Bonchev–Trinajstić information content (AvgIpc) is 2.29. The van der Waals surface area contributed by atoms with Crippen molar-refractivity contribution in [3.05, 3.63) is 38.2 Å². The zero-order valence-electron chi connectivity index (χ0n) is 8.59. The number of nitrogens with zero attached hydrogens (tertiary/aromatic N) is 3. The standard InChI is InChI=1S/C9H10Cl2N4O2/c10-4-1-5(8(12)6(11)2-4)9(17)7(16)3-14-15-13/h1-2,7,9,16-17H,3,12H2. The van der Waals surface area contributed by atoms with E-state index in [1.165, 1.54) is 12.1 Å². The molecule has 6 nitrogen and oxygen atoms in total. The molecule has 0 heterocycles. The summed E-state index contributed by atoms with van der Waals surface area (Å²) in [5.41, 5.74) is 14.1. The van der Waals surface area contributed by atoms with Gasteiger partial charge in [0.15, 0.2) is 0 Å². The van der Waals surface area contributed by atoms with E-state index in [9.17, 15) is 10.2 Å². The van der Waals surface area contributed by atoms with Gasteiger partial charge < -0.3 is 15.9 Å². The minimum Gasteiger partial charge on any atom is -0.397 e. The molecule has 0 bridgehead atoms. The van der Waals surface area contributed by atoms with Gasteiger partial charge in [-0.05, 0) is 17.7 Å². The molecule has 0 aromatic heterocycles. The van der Waals surface area contributed by atoms with Gasteiger partial charge in [-0.15, -0.1) is 0 Å². The van der Waals surface area contributed by atoms with Crippen LogP contribution in [0.15, 0.2) is 17.2 Å². The van der Waals surface area contributed by atoms with Gasteiger partial charge in [0.25, 0.3) is 0 Å². The molecule has 0 spiro atoms. The Morgan fingerprint density at radius 3 is 2.65 bits per heavy atom. The van der Waals surface area contributed by atoms with E-state index in [-0.39, 0.29) is 27.8 Å². The van der Waals surface area contributed by atoms with Crippen LogP contribution in [-0.4, -0.2) is 22.9 Å². The molecule has 0 saturated carbocycles. The molecule has 0 amide bonds. The van der Waals surface area contributed by atoms with Crippen molar-refractivity contribution < 1.29 is 10.2 Å². The third kappa shape index (κ3) is 3.39. The number of nitrogen functional groups attached to an aromatic ring is 1. The molecule has 0 aliphatic rings. The molecule has 92 valence electrons. The highest BCUT2D eigenvalue weighted by atomic mass is 35.5. The van der Waals surface area contributed by atoms with Gasteiger partial charge in [-0.2, -0.15) is 0 Å². The second-order valence-electron chi connectivity index (χ2n) is 3.32. The normalized spacial score (nSPS) is 13.9. The first-order chi connectivity index (χ1) is 7.97. The summed E-state index contributed by atoms with van der Waals surface area (Å²) in [4.78, 5) is 2.48. The van der Waals surface area contributed by atoms with Gasteiger partial charge in [0.05, 0.1) is 23.4 Å². The van der Waals surface area contributed by atoms with Crippen molar-refractivity contribution in [1.82, 2.24) is 0 Å². The molecule has 0 saturated heterocycles. The van der Waals surface area contributed by atoms with E-state index >= 15 is 0 Å². The van der Waals surface area contributed by atoms with Gasteiger partial charge in [-0.25, -0.2) is 0 Å². The fourth-order valence-electron chi connectivity index (χ4n) is 1.28. The van der Waals surface area contributed by atoms with Crippen molar-refractivity contribution in [2.75, 3.05) is 12.3 Å². The summed E-state index contributed by atoms with van der Waals surface area (Å²) in [6.07, 6.45) is -2.60. The first kappa shape index (κ1) is 13.9. The molecule has 1 rings (SSSR count). The van der Waals surface area contributed by atoms with Crippen LogP contribution in [0.1, 0.15) is 11.7 Å². The number of aliphatic hydroxyl groups is 2. The smallest absolute Gasteiger partial charge is 0.107 e. The first-order valence-corrected chi connectivity index (χ1v) is 5.34. The third-order valence-electron chi connectivity index (χ3n) is 2.14. The van der Waals surface area contributed by atoms with E-state index < -0.39 is 12.2 Å². The van der Waals surface area contributed by atoms with Crippen LogP contribution < -0.4 is 5.73 Å². The van der Waals surface area contributed by atoms with Crippen molar-refractivity contribution in [2.24, 2.45) is 5.11 Å². The van der Waals surface area contributed by atoms with Gasteiger partial charge in [0, 0.05) is 15.5 Å². The molecular weight excluding hydrogens is 267 g/mol.